The third-order valence-electron chi connectivity index (χ3n) is 2.50. The third-order valence-corrected chi connectivity index (χ3v) is 5.35. The molecule has 0 aliphatic rings. The summed E-state index contributed by atoms with van der Waals surface area (Å²) >= 11 is 1.57. The molecule has 0 aromatic heterocycles. The predicted molar refractivity (Wildman–Crippen MR) is 71.1 cm³/mol. The van der Waals surface area contributed by atoms with Crippen LogP contribution in [0.3, 0.4) is 0 Å². The summed E-state index contributed by atoms with van der Waals surface area (Å²) in [6.45, 7) is 21.0. The molecule has 0 saturated carbocycles. The Balaban J connectivity index is 5.71. The Bertz CT molecular complexity index is 235. The Hall–Kier alpha value is 0.539. The van der Waals surface area contributed by atoms with Crippen LogP contribution in [0.2, 0.25) is 0 Å². The number of rotatable bonds is 0. The minimum atomic E-state index is 0.282. The Morgan fingerprint density at radius 3 is 0.933 bits per heavy atom. The molecule has 87 valence electrons. The molecule has 0 heterocycles. The maximum atomic E-state index is 2.34. The van der Waals surface area contributed by atoms with Gasteiger partial charge in [0.05, 0.1) is 0 Å². The van der Waals surface area contributed by atoms with E-state index in [1.807, 2.05) is 0 Å². The maximum absolute atomic E-state index is 2.34. The fraction of sp³-hybridized carbons (Fsp3) is 0.857. The third kappa shape index (κ3) is 4.50. The van der Waals surface area contributed by atoms with Crippen LogP contribution in [0.1, 0.15) is 62.3 Å². The average molecular weight is 314 g/mol. The van der Waals surface area contributed by atoms with Gasteiger partial charge < -0.3 is 0 Å². The van der Waals surface area contributed by atoms with E-state index < -0.39 is 0 Å². The Labute approximate surface area is 110 Å². The van der Waals surface area contributed by atoms with Gasteiger partial charge in [-0.1, -0.05) is 0 Å². The fourth-order valence-electron chi connectivity index (χ4n) is 2.25. The van der Waals surface area contributed by atoms with Gasteiger partial charge in [0.15, 0.2) is 0 Å². The van der Waals surface area contributed by atoms with Crippen molar-refractivity contribution in [3.8, 4) is 0 Å². The van der Waals surface area contributed by atoms with Gasteiger partial charge in [0.25, 0.3) is 0 Å². The standard InChI is InChI=1S/C14H27.Sn/c1-12(2,3)10-11(13(4,5)6)14(7,8)9;/h1-9H3;. The van der Waals surface area contributed by atoms with Crippen molar-refractivity contribution in [2.75, 3.05) is 0 Å². The molecule has 0 nitrogen and oxygen atoms in total. The Morgan fingerprint density at radius 1 is 0.600 bits per heavy atom. The van der Waals surface area contributed by atoms with Gasteiger partial charge in [-0.25, -0.2) is 0 Å². The van der Waals surface area contributed by atoms with Crippen molar-refractivity contribution in [3.05, 3.63) is 9.16 Å². The number of hydrogen-bond acceptors (Lipinski definition) is 0. The average Bonchev–Trinajstić information content (AvgIpc) is 1.76. The molecule has 0 aliphatic heterocycles. The molecule has 15 heavy (non-hydrogen) atoms. The van der Waals surface area contributed by atoms with Gasteiger partial charge >= 0.3 is 110 Å². The van der Waals surface area contributed by atoms with E-state index in [2.05, 4.69) is 62.3 Å². The SMILES string of the molecule is CC(C)(C)[C]([Sn])=C(C(C)(C)C)C(C)(C)C. The summed E-state index contributed by atoms with van der Waals surface area (Å²) in [5.41, 5.74) is 2.52. The molecule has 0 spiro atoms. The van der Waals surface area contributed by atoms with Crippen molar-refractivity contribution in [2.45, 2.75) is 62.3 Å². The van der Waals surface area contributed by atoms with Crippen LogP contribution >= 0.6 is 0 Å². The van der Waals surface area contributed by atoms with Crippen LogP contribution < -0.4 is 0 Å². The summed E-state index contributed by atoms with van der Waals surface area (Å²) < 4.78 is 1.63. The molecule has 0 unspecified atom stereocenters. The molecule has 0 aliphatic carbocycles. The van der Waals surface area contributed by atoms with E-state index in [9.17, 15) is 0 Å². The molecule has 0 saturated heterocycles. The molecular formula is C14H27Sn. The molecule has 0 N–H and O–H groups in total. The first-order valence-corrected chi connectivity index (χ1v) is 7.18. The van der Waals surface area contributed by atoms with E-state index in [0.717, 1.165) is 0 Å². The van der Waals surface area contributed by atoms with Gasteiger partial charge in [0, 0.05) is 0 Å². The molecule has 0 bridgehead atoms. The zero-order valence-electron chi connectivity index (χ0n) is 12.0. The van der Waals surface area contributed by atoms with Crippen molar-refractivity contribution in [1.82, 2.24) is 0 Å². The monoisotopic (exact) mass is 315 g/mol. The van der Waals surface area contributed by atoms with Gasteiger partial charge in [0.2, 0.25) is 0 Å². The molecule has 0 aromatic carbocycles. The van der Waals surface area contributed by atoms with Gasteiger partial charge in [-0.15, -0.1) is 0 Å². The first-order valence-electron chi connectivity index (χ1n) is 5.75. The Kier molecular flexibility index (Phi) is 4.58. The van der Waals surface area contributed by atoms with Crippen LogP contribution in [0, 0.1) is 16.2 Å². The second-order valence-electron chi connectivity index (χ2n) is 7.50. The van der Waals surface area contributed by atoms with E-state index in [4.69, 9.17) is 0 Å². The van der Waals surface area contributed by atoms with Crippen LogP contribution in [-0.4, -0.2) is 22.5 Å². The quantitative estimate of drug-likeness (QED) is 0.576. The second kappa shape index (κ2) is 4.43. The van der Waals surface area contributed by atoms with E-state index >= 15 is 0 Å². The van der Waals surface area contributed by atoms with Gasteiger partial charge in [-0.2, -0.15) is 0 Å². The summed E-state index contributed by atoms with van der Waals surface area (Å²) in [5.74, 6) is 0. The summed E-state index contributed by atoms with van der Waals surface area (Å²) in [6.07, 6.45) is 0. The van der Waals surface area contributed by atoms with Crippen molar-refractivity contribution >= 4 is 22.5 Å². The first-order chi connectivity index (χ1) is 6.28. The summed E-state index contributed by atoms with van der Waals surface area (Å²) in [4.78, 5) is 0. The molecule has 3 radical (unpaired) electrons. The molecular weight excluding hydrogens is 287 g/mol. The summed E-state index contributed by atoms with van der Waals surface area (Å²) in [7, 11) is 0. The Morgan fingerprint density at radius 2 is 0.867 bits per heavy atom. The van der Waals surface area contributed by atoms with E-state index in [1.165, 1.54) is 0 Å². The van der Waals surface area contributed by atoms with Gasteiger partial charge in [-0.05, 0) is 0 Å². The van der Waals surface area contributed by atoms with E-state index in [-0.39, 0.29) is 10.8 Å². The number of allylic oxidation sites excluding steroid dienone is 2. The van der Waals surface area contributed by atoms with Crippen LogP contribution in [0.15, 0.2) is 9.16 Å². The minimum absolute atomic E-state index is 0.282. The predicted octanol–water partition coefficient (Wildman–Crippen LogP) is 4.55. The zero-order valence-corrected chi connectivity index (χ0v) is 14.9. The topological polar surface area (TPSA) is 0 Å². The van der Waals surface area contributed by atoms with E-state index in [1.54, 1.807) is 31.7 Å². The fourth-order valence-corrected chi connectivity index (χ4v) is 4.39. The van der Waals surface area contributed by atoms with Crippen LogP contribution in [-0.2, 0) is 0 Å². The molecule has 0 atom stereocenters. The molecule has 0 aromatic rings. The van der Waals surface area contributed by atoms with Crippen molar-refractivity contribution in [1.29, 1.82) is 0 Å². The van der Waals surface area contributed by atoms with Crippen LogP contribution in [0.25, 0.3) is 0 Å². The van der Waals surface area contributed by atoms with Crippen LogP contribution in [0.5, 0.6) is 0 Å². The number of hydrogen-bond donors (Lipinski definition) is 0. The molecule has 0 rings (SSSR count). The summed E-state index contributed by atoms with van der Waals surface area (Å²) in [5, 5.41) is 0. The van der Waals surface area contributed by atoms with Crippen molar-refractivity contribution in [2.24, 2.45) is 16.2 Å². The van der Waals surface area contributed by atoms with Gasteiger partial charge in [0.1, 0.15) is 0 Å². The van der Waals surface area contributed by atoms with E-state index in [0.29, 0.717) is 5.41 Å². The van der Waals surface area contributed by atoms with Gasteiger partial charge in [-0.3, -0.25) is 0 Å². The zero-order chi connectivity index (χ0) is 12.7. The molecule has 0 fully saturated rings. The van der Waals surface area contributed by atoms with Crippen LogP contribution in [0.4, 0.5) is 0 Å². The first kappa shape index (κ1) is 15.5. The van der Waals surface area contributed by atoms with Crippen molar-refractivity contribution < 1.29 is 0 Å². The second-order valence-corrected chi connectivity index (χ2v) is 8.93. The normalized spacial score (nSPS) is 14.0. The summed E-state index contributed by atoms with van der Waals surface area (Å²) in [6, 6.07) is 0. The molecule has 1 heteroatoms. The molecule has 0 amide bonds. The van der Waals surface area contributed by atoms with Crippen molar-refractivity contribution in [3.63, 3.8) is 0 Å².